The second-order valence-corrected chi connectivity index (χ2v) is 6.45. The fourth-order valence-corrected chi connectivity index (χ4v) is 2.37. The number of benzene rings is 1. The number of anilines is 1. The average molecular weight is 351 g/mol. The van der Waals surface area contributed by atoms with Crippen molar-refractivity contribution in [3.8, 4) is 0 Å². The first kappa shape index (κ1) is 19.3. The molecule has 0 aliphatic rings. The molecule has 0 radical (unpaired) electrons. The van der Waals surface area contributed by atoms with Crippen LogP contribution in [0.3, 0.4) is 0 Å². The van der Waals surface area contributed by atoms with Gasteiger partial charge < -0.3 is 10.0 Å². The smallest absolute Gasteiger partial charge is 0.518 e. The largest absolute Gasteiger partial charge is 0.858 e. The number of sulfonamides is 1. The van der Waals surface area contributed by atoms with E-state index in [-0.39, 0.29) is 5.56 Å². The summed E-state index contributed by atoms with van der Waals surface area (Å²) in [6, 6.07) is 5.67. The van der Waals surface area contributed by atoms with Crippen molar-refractivity contribution in [3.63, 3.8) is 0 Å². The van der Waals surface area contributed by atoms with Crippen molar-refractivity contribution >= 4 is 21.6 Å². The fraction of sp³-hybridized carbons (Fsp3) is 0.500. The molecule has 0 saturated carbocycles. The molecule has 0 spiro atoms. The second-order valence-electron chi connectivity index (χ2n) is 4.85. The van der Waals surface area contributed by atoms with Gasteiger partial charge in [0, 0.05) is 24.7 Å². The lowest BCUT2D eigenvalue weighted by molar-refractivity contribution is -0.212. The Morgan fingerprint density at radius 2 is 1.61 bits per heavy atom. The Balaban J connectivity index is 3.04. The maximum atomic E-state index is 12.2. The van der Waals surface area contributed by atoms with Gasteiger partial charge >= 0.3 is 15.5 Å². The Labute approximate surface area is 133 Å². The number of rotatable bonds is 7. The standard InChI is InChI=1S/C14H19F3N2O3S/c1-3-9-19(10-4-2)12-7-5-11(6-8-12)13(20)18-23(21,22)14(15,16)17/h5-8H,3-4,9-10H2,1-2H3,(H,18,20)/p-1. The molecule has 0 N–H and O–H groups in total. The molecule has 0 fully saturated rings. The zero-order valence-corrected chi connectivity index (χ0v) is 13.6. The first-order valence-corrected chi connectivity index (χ1v) is 8.50. The summed E-state index contributed by atoms with van der Waals surface area (Å²) >= 11 is 0. The molecule has 0 unspecified atom stereocenters. The van der Waals surface area contributed by atoms with Gasteiger partial charge in [0.25, 0.3) is 0 Å². The second kappa shape index (κ2) is 7.67. The Kier molecular flexibility index (Phi) is 6.43. The Bertz CT molecular complexity index is 634. The van der Waals surface area contributed by atoms with E-state index in [0.717, 1.165) is 31.6 Å². The van der Waals surface area contributed by atoms with Crippen LogP contribution in [0.25, 0.3) is 0 Å². The summed E-state index contributed by atoms with van der Waals surface area (Å²) in [4.78, 5) is 2.07. The number of halogens is 3. The van der Waals surface area contributed by atoms with Crippen LogP contribution in [0.4, 0.5) is 18.9 Å². The van der Waals surface area contributed by atoms with Crippen LogP contribution in [0.5, 0.6) is 0 Å². The molecule has 0 atom stereocenters. The summed E-state index contributed by atoms with van der Waals surface area (Å²) < 4.78 is 60.6. The number of alkyl halides is 3. The first-order valence-electron chi connectivity index (χ1n) is 7.06. The molecule has 0 amide bonds. The predicted molar refractivity (Wildman–Crippen MR) is 80.7 cm³/mol. The van der Waals surface area contributed by atoms with E-state index in [0.29, 0.717) is 0 Å². The minimum Gasteiger partial charge on any atom is -0.858 e. The molecule has 0 heterocycles. The van der Waals surface area contributed by atoms with Crippen LogP contribution in [0, 0.1) is 0 Å². The van der Waals surface area contributed by atoms with E-state index in [1.165, 1.54) is 12.1 Å². The van der Waals surface area contributed by atoms with Crippen LogP contribution in [0.2, 0.25) is 0 Å². The average Bonchev–Trinajstić information content (AvgIpc) is 2.45. The monoisotopic (exact) mass is 351 g/mol. The van der Waals surface area contributed by atoms with Crippen molar-refractivity contribution in [3.05, 3.63) is 29.8 Å². The lowest BCUT2D eigenvalue weighted by Crippen LogP contribution is -2.27. The van der Waals surface area contributed by atoms with Crippen molar-refractivity contribution in [1.82, 2.24) is 0 Å². The highest BCUT2D eigenvalue weighted by molar-refractivity contribution is 7.91. The maximum absolute atomic E-state index is 12.2. The van der Waals surface area contributed by atoms with Crippen LogP contribution in [0.15, 0.2) is 28.7 Å². The van der Waals surface area contributed by atoms with E-state index in [1.54, 1.807) is 12.1 Å². The maximum Gasteiger partial charge on any atom is 0.518 e. The number of nitrogens with zero attached hydrogens (tertiary/aromatic N) is 2. The third-order valence-electron chi connectivity index (χ3n) is 2.96. The van der Waals surface area contributed by atoms with Gasteiger partial charge in [-0.2, -0.15) is 26.0 Å². The molecule has 0 aliphatic carbocycles. The van der Waals surface area contributed by atoms with Crippen molar-refractivity contribution in [1.29, 1.82) is 0 Å². The minimum absolute atomic E-state index is 0.213. The Morgan fingerprint density at radius 1 is 1.13 bits per heavy atom. The van der Waals surface area contributed by atoms with E-state index in [4.69, 9.17) is 0 Å². The SMILES string of the molecule is CCCN(CCC)c1ccc(/C([O-])=N/S(=O)(=O)C(F)(F)F)cc1. The molecule has 5 nitrogen and oxygen atoms in total. The van der Waals surface area contributed by atoms with E-state index >= 15 is 0 Å². The summed E-state index contributed by atoms with van der Waals surface area (Å²) in [7, 11) is -5.82. The predicted octanol–water partition coefficient (Wildman–Crippen LogP) is 2.27. The molecule has 0 bridgehead atoms. The summed E-state index contributed by atoms with van der Waals surface area (Å²) in [6.45, 7) is 5.63. The summed E-state index contributed by atoms with van der Waals surface area (Å²) in [5.41, 5.74) is -4.99. The van der Waals surface area contributed by atoms with Gasteiger partial charge in [0.2, 0.25) is 0 Å². The highest BCUT2D eigenvalue weighted by Gasteiger charge is 2.45. The van der Waals surface area contributed by atoms with E-state index in [9.17, 15) is 26.7 Å². The van der Waals surface area contributed by atoms with Gasteiger partial charge in [-0.3, -0.25) is 0 Å². The molecule has 9 heteroatoms. The summed E-state index contributed by atoms with van der Waals surface area (Å²) in [6.07, 6.45) is 1.83. The third-order valence-corrected chi connectivity index (χ3v) is 3.95. The zero-order valence-electron chi connectivity index (χ0n) is 12.8. The van der Waals surface area contributed by atoms with Gasteiger partial charge in [0.1, 0.15) is 0 Å². The van der Waals surface area contributed by atoms with Gasteiger partial charge in [-0.05, 0) is 30.5 Å². The van der Waals surface area contributed by atoms with Gasteiger partial charge in [0.15, 0.2) is 0 Å². The lowest BCUT2D eigenvalue weighted by Gasteiger charge is -2.24. The van der Waals surface area contributed by atoms with E-state index < -0.39 is 21.4 Å². The minimum atomic E-state index is -5.82. The molecule has 130 valence electrons. The normalized spacial score (nSPS) is 13.2. The third kappa shape index (κ3) is 5.12. The van der Waals surface area contributed by atoms with Crippen LogP contribution in [-0.2, 0) is 10.0 Å². The Hall–Kier alpha value is -1.77. The van der Waals surface area contributed by atoms with E-state index in [2.05, 4.69) is 9.30 Å². The number of hydrogen-bond acceptors (Lipinski definition) is 4. The molecule has 1 rings (SSSR count). The van der Waals surface area contributed by atoms with Crippen LogP contribution < -0.4 is 10.0 Å². The fourth-order valence-electron chi connectivity index (χ4n) is 1.94. The molecule has 0 aromatic heterocycles. The van der Waals surface area contributed by atoms with Crippen LogP contribution in [0.1, 0.15) is 32.3 Å². The molecule has 0 saturated heterocycles. The van der Waals surface area contributed by atoms with Crippen molar-refractivity contribution in [2.75, 3.05) is 18.0 Å². The molecule has 0 aliphatic heterocycles. The highest BCUT2D eigenvalue weighted by Crippen LogP contribution is 2.25. The van der Waals surface area contributed by atoms with Crippen molar-refractivity contribution in [2.24, 2.45) is 4.40 Å². The van der Waals surface area contributed by atoms with Crippen molar-refractivity contribution in [2.45, 2.75) is 32.2 Å². The quantitative estimate of drug-likeness (QED) is 0.558. The van der Waals surface area contributed by atoms with Gasteiger partial charge in [-0.25, -0.2) is 0 Å². The highest BCUT2D eigenvalue weighted by atomic mass is 32.2. The zero-order chi connectivity index (χ0) is 17.7. The van der Waals surface area contributed by atoms with Gasteiger partial charge in [-0.15, -0.1) is 0 Å². The number of hydrogen-bond donors (Lipinski definition) is 0. The Morgan fingerprint density at radius 3 is 2.00 bits per heavy atom. The summed E-state index contributed by atoms with van der Waals surface area (Å²) in [5, 5.41) is 11.6. The molecule has 1 aromatic carbocycles. The van der Waals surface area contributed by atoms with Crippen LogP contribution >= 0.6 is 0 Å². The molecule has 23 heavy (non-hydrogen) atoms. The van der Waals surface area contributed by atoms with Gasteiger partial charge in [0.05, 0.1) is 0 Å². The molecular weight excluding hydrogens is 333 g/mol. The summed E-state index contributed by atoms with van der Waals surface area (Å²) in [5.74, 6) is -1.44. The van der Waals surface area contributed by atoms with Gasteiger partial charge in [-0.1, -0.05) is 26.0 Å². The molecular formula is C14H18F3N2O3S-. The first-order chi connectivity index (χ1) is 10.6. The van der Waals surface area contributed by atoms with E-state index in [1.807, 2.05) is 13.8 Å². The van der Waals surface area contributed by atoms with Crippen LogP contribution in [-0.4, -0.2) is 32.9 Å². The molecule has 1 aromatic rings. The lowest BCUT2D eigenvalue weighted by atomic mass is 10.2. The topological polar surface area (TPSA) is 72.8 Å². The van der Waals surface area contributed by atoms with Crippen molar-refractivity contribution < 1.29 is 26.7 Å².